The number of hydrogen-bond acceptors (Lipinski definition) is 5. The lowest BCUT2D eigenvalue weighted by molar-refractivity contribution is -0.134. The van der Waals surface area contributed by atoms with Crippen LogP contribution in [-0.2, 0) is 16.0 Å². The fourth-order valence-electron chi connectivity index (χ4n) is 2.51. The van der Waals surface area contributed by atoms with Crippen molar-refractivity contribution in [1.82, 2.24) is 14.5 Å². The van der Waals surface area contributed by atoms with Gasteiger partial charge in [0.2, 0.25) is 5.88 Å². The highest BCUT2D eigenvalue weighted by Gasteiger charge is 2.03. The SMILES string of the molecule is CN(CCOc1cc2ccccn2n1)CCc1ccccc1.O=C(O)C=CC(=O)O. The van der Waals surface area contributed by atoms with Crippen molar-refractivity contribution in [2.45, 2.75) is 6.42 Å². The molecule has 2 heterocycles. The maximum Gasteiger partial charge on any atom is 0.328 e. The van der Waals surface area contributed by atoms with Crippen molar-refractivity contribution in [1.29, 1.82) is 0 Å². The van der Waals surface area contributed by atoms with Crippen LogP contribution in [0.15, 0.2) is 72.9 Å². The van der Waals surface area contributed by atoms with Crippen LogP contribution in [0.5, 0.6) is 5.88 Å². The van der Waals surface area contributed by atoms with Gasteiger partial charge in [0.05, 0.1) is 5.52 Å². The van der Waals surface area contributed by atoms with Crippen LogP contribution in [0.1, 0.15) is 5.56 Å². The molecule has 1 aromatic carbocycles. The average molecular weight is 411 g/mol. The number of carboxylic acid groups (broad SMARTS) is 2. The zero-order valence-electron chi connectivity index (χ0n) is 16.7. The number of pyridine rings is 1. The number of fused-ring (bicyclic) bond motifs is 1. The van der Waals surface area contributed by atoms with Gasteiger partial charge >= 0.3 is 11.9 Å². The molecular weight excluding hydrogens is 386 g/mol. The molecular formula is C22H25N3O5. The van der Waals surface area contributed by atoms with E-state index < -0.39 is 11.9 Å². The molecule has 30 heavy (non-hydrogen) atoms. The fourth-order valence-corrected chi connectivity index (χ4v) is 2.51. The molecule has 2 aromatic heterocycles. The first kappa shape index (κ1) is 22.6. The molecule has 0 unspecified atom stereocenters. The predicted molar refractivity (Wildman–Crippen MR) is 113 cm³/mol. The van der Waals surface area contributed by atoms with Gasteiger partial charge in [-0.15, -0.1) is 5.10 Å². The molecule has 3 aromatic rings. The smallest absolute Gasteiger partial charge is 0.328 e. The summed E-state index contributed by atoms with van der Waals surface area (Å²) in [6.07, 6.45) is 4.10. The third-order valence-corrected chi connectivity index (χ3v) is 4.06. The van der Waals surface area contributed by atoms with E-state index in [0.29, 0.717) is 24.6 Å². The number of aliphatic carboxylic acids is 2. The van der Waals surface area contributed by atoms with Crippen molar-refractivity contribution in [3.8, 4) is 5.88 Å². The molecule has 0 amide bonds. The highest BCUT2D eigenvalue weighted by Crippen LogP contribution is 2.12. The lowest BCUT2D eigenvalue weighted by Gasteiger charge is -2.16. The summed E-state index contributed by atoms with van der Waals surface area (Å²) in [6, 6.07) is 18.5. The summed E-state index contributed by atoms with van der Waals surface area (Å²) in [5.41, 5.74) is 2.42. The van der Waals surface area contributed by atoms with E-state index in [1.165, 1.54) is 5.56 Å². The Morgan fingerprint density at radius 3 is 2.33 bits per heavy atom. The first-order valence-electron chi connectivity index (χ1n) is 9.37. The van der Waals surface area contributed by atoms with Crippen molar-refractivity contribution in [2.24, 2.45) is 0 Å². The Morgan fingerprint density at radius 2 is 1.70 bits per heavy atom. The van der Waals surface area contributed by atoms with Gasteiger partial charge in [0.1, 0.15) is 6.61 Å². The van der Waals surface area contributed by atoms with Crippen LogP contribution in [0.25, 0.3) is 5.52 Å². The Hall–Kier alpha value is -3.65. The van der Waals surface area contributed by atoms with Gasteiger partial charge in [-0.2, -0.15) is 0 Å². The van der Waals surface area contributed by atoms with Gasteiger partial charge in [0.25, 0.3) is 0 Å². The molecule has 0 saturated heterocycles. The maximum atomic E-state index is 9.55. The summed E-state index contributed by atoms with van der Waals surface area (Å²) < 4.78 is 7.57. The van der Waals surface area contributed by atoms with Crippen molar-refractivity contribution in [3.05, 3.63) is 78.5 Å². The summed E-state index contributed by atoms with van der Waals surface area (Å²) in [5, 5.41) is 20.0. The van der Waals surface area contributed by atoms with Crippen LogP contribution in [0.2, 0.25) is 0 Å². The zero-order valence-corrected chi connectivity index (χ0v) is 16.7. The van der Waals surface area contributed by atoms with Crippen molar-refractivity contribution in [2.75, 3.05) is 26.7 Å². The fraction of sp³-hybridized carbons (Fsp3) is 0.227. The molecule has 8 nitrogen and oxygen atoms in total. The molecule has 0 bridgehead atoms. The van der Waals surface area contributed by atoms with E-state index in [4.69, 9.17) is 14.9 Å². The van der Waals surface area contributed by atoms with Crippen LogP contribution in [0.4, 0.5) is 0 Å². The van der Waals surface area contributed by atoms with Crippen molar-refractivity contribution in [3.63, 3.8) is 0 Å². The largest absolute Gasteiger partial charge is 0.478 e. The van der Waals surface area contributed by atoms with E-state index in [-0.39, 0.29) is 0 Å². The molecule has 0 aliphatic carbocycles. The van der Waals surface area contributed by atoms with Crippen LogP contribution >= 0.6 is 0 Å². The van der Waals surface area contributed by atoms with Crippen molar-refractivity contribution < 1.29 is 24.5 Å². The second kappa shape index (κ2) is 12.0. The molecule has 0 aliphatic rings. The highest BCUT2D eigenvalue weighted by molar-refractivity contribution is 5.89. The van der Waals surface area contributed by atoms with Gasteiger partial charge in [-0.25, -0.2) is 14.1 Å². The summed E-state index contributed by atoms with van der Waals surface area (Å²) in [4.78, 5) is 21.4. The van der Waals surface area contributed by atoms with Gasteiger partial charge in [0.15, 0.2) is 0 Å². The Morgan fingerprint density at radius 1 is 1.03 bits per heavy atom. The number of ether oxygens (including phenoxy) is 1. The third-order valence-electron chi connectivity index (χ3n) is 4.06. The molecule has 0 aliphatic heterocycles. The van der Waals surface area contributed by atoms with Crippen molar-refractivity contribution >= 4 is 17.5 Å². The van der Waals surface area contributed by atoms with E-state index >= 15 is 0 Å². The quantitative estimate of drug-likeness (QED) is 0.522. The standard InChI is InChI=1S/C18H21N3O.C4H4O4/c1-20(12-10-16-7-3-2-4-8-16)13-14-22-18-15-17-9-5-6-11-21(17)19-18;5-3(6)1-2-4(7)8/h2-9,11,15H,10,12-14H2,1H3;1-2H,(H,5,6)(H,7,8). The molecule has 8 heteroatoms. The summed E-state index contributed by atoms with van der Waals surface area (Å²) in [6.45, 7) is 2.56. The monoisotopic (exact) mass is 411 g/mol. The van der Waals surface area contributed by atoms with Crippen LogP contribution < -0.4 is 4.74 Å². The van der Waals surface area contributed by atoms with Crippen LogP contribution in [0, 0.1) is 0 Å². The first-order chi connectivity index (χ1) is 14.4. The molecule has 0 saturated carbocycles. The minimum atomic E-state index is -1.26. The number of nitrogens with zero attached hydrogens (tertiary/aromatic N) is 3. The van der Waals surface area contributed by atoms with Gasteiger partial charge in [-0.1, -0.05) is 36.4 Å². The molecule has 0 fully saturated rings. The molecule has 0 atom stereocenters. The maximum absolute atomic E-state index is 9.55. The van der Waals surface area contributed by atoms with E-state index in [1.807, 2.05) is 35.0 Å². The number of carbonyl (C=O) groups is 2. The minimum Gasteiger partial charge on any atom is -0.478 e. The van der Waals surface area contributed by atoms with Gasteiger partial charge < -0.3 is 19.8 Å². The Balaban J connectivity index is 0.000000343. The molecule has 3 rings (SSSR count). The lowest BCUT2D eigenvalue weighted by atomic mass is 10.1. The molecule has 0 spiro atoms. The highest BCUT2D eigenvalue weighted by atomic mass is 16.5. The Labute approximate surface area is 174 Å². The predicted octanol–water partition coefficient (Wildman–Crippen LogP) is 2.60. The van der Waals surface area contributed by atoms with E-state index in [9.17, 15) is 9.59 Å². The van der Waals surface area contributed by atoms with Crippen LogP contribution in [-0.4, -0.2) is 63.4 Å². The first-order valence-corrected chi connectivity index (χ1v) is 9.37. The number of rotatable bonds is 9. The van der Waals surface area contributed by atoms with E-state index in [0.717, 1.165) is 25.0 Å². The molecule has 158 valence electrons. The van der Waals surface area contributed by atoms with Gasteiger partial charge in [0, 0.05) is 37.5 Å². The number of likely N-dealkylation sites (N-methyl/N-ethyl adjacent to an activating group) is 1. The van der Waals surface area contributed by atoms with E-state index in [1.54, 1.807) is 0 Å². The topological polar surface area (TPSA) is 104 Å². The molecule has 2 N–H and O–H groups in total. The summed E-state index contributed by atoms with van der Waals surface area (Å²) in [5.74, 6) is -1.83. The normalized spacial score (nSPS) is 10.7. The molecule has 0 radical (unpaired) electrons. The van der Waals surface area contributed by atoms with E-state index in [2.05, 4.69) is 47.4 Å². The van der Waals surface area contributed by atoms with Gasteiger partial charge in [-0.3, -0.25) is 0 Å². The lowest BCUT2D eigenvalue weighted by Crippen LogP contribution is -2.26. The Kier molecular flexibility index (Phi) is 9.08. The average Bonchev–Trinajstić information content (AvgIpc) is 3.15. The number of aromatic nitrogens is 2. The number of hydrogen-bond donors (Lipinski definition) is 2. The summed E-state index contributed by atoms with van der Waals surface area (Å²) in [7, 11) is 2.12. The van der Waals surface area contributed by atoms with Gasteiger partial charge in [-0.05, 0) is 31.2 Å². The second-order valence-corrected chi connectivity index (χ2v) is 6.45. The second-order valence-electron chi connectivity index (χ2n) is 6.45. The Bertz CT molecular complexity index is 920. The minimum absolute atomic E-state index is 0.558. The summed E-state index contributed by atoms with van der Waals surface area (Å²) >= 11 is 0. The third kappa shape index (κ3) is 8.57. The van der Waals surface area contributed by atoms with Crippen LogP contribution in [0.3, 0.4) is 0 Å². The number of carboxylic acids is 2. The zero-order chi connectivity index (χ0) is 21.8. The number of benzene rings is 1.